The third-order valence-corrected chi connectivity index (χ3v) is 5.13. The molecule has 0 saturated heterocycles. The average Bonchev–Trinajstić information content (AvgIpc) is 3.39. The van der Waals surface area contributed by atoms with Crippen molar-refractivity contribution in [1.29, 1.82) is 0 Å². The number of nitrogen functional groups attached to an aromatic ring is 1. The molecule has 0 amide bonds. The van der Waals surface area contributed by atoms with Crippen molar-refractivity contribution >= 4 is 11.8 Å². The monoisotopic (exact) mass is 428 g/mol. The molecule has 0 fully saturated rings. The van der Waals surface area contributed by atoms with Crippen LogP contribution in [-0.4, -0.2) is 39.2 Å². The first-order valence-corrected chi connectivity index (χ1v) is 9.72. The van der Waals surface area contributed by atoms with Crippen LogP contribution in [0.4, 0.5) is 4.39 Å². The Morgan fingerprint density at radius 2 is 1.77 bits per heavy atom. The zero-order valence-corrected chi connectivity index (χ0v) is 16.9. The fraction of sp³-hybridized carbons (Fsp3) is 0.158. The number of thioether (sulfide) groups is 1. The van der Waals surface area contributed by atoms with Crippen LogP contribution in [0.3, 0.4) is 0 Å². The lowest BCUT2D eigenvalue weighted by Gasteiger charge is -2.09. The summed E-state index contributed by atoms with van der Waals surface area (Å²) in [6.07, 6.45) is 0. The highest BCUT2D eigenvalue weighted by molar-refractivity contribution is 7.98. The number of halogens is 1. The van der Waals surface area contributed by atoms with Gasteiger partial charge in [-0.25, -0.2) is 9.07 Å². The van der Waals surface area contributed by atoms with Crippen molar-refractivity contribution in [3.63, 3.8) is 0 Å². The number of nitrogens with two attached hydrogens (primary N) is 1. The molecule has 154 valence electrons. The minimum Gasteiger partial charge on any atom is -0.493 e. The second-order valence-electron chi connectivity index (χ2n) is 6.05. The first kappa shape index (κ1) is 19.7. The van der Waals surface area contributed by atoms with E-state index in [-0.39, 0.29) is 5.82 Å². The fourth-order valence-corrected chi connectivity index (χ4v) is 3.40. The van der Waals surface area contributed by atoms with Crippen molar-refractivity contribution in [1.82, 2.24) is 25.0 Å². The zero-order valence-electron chi connectivity index (χ0n) is 16.1. The van der Waals surface area contributed by atoms with Crippen molar-refractivity contribution in [3.8, 4) is 34.3 Å². The summed E-state index contributed by atoms with van der Waals surface area (Å²) >= 11 is 1.30. The van der Waals surface area contributed by atoms with Gasteiger partial charge in [-0.3, -0.25) is 0 Å². The summed E-state index contributed by atoms with van der Waals surface area (Å²) in [7, 11) is 3.12. The third kappa shape index (κ3) is 3.92. The van der Waals surface area contributed by atoms with E-state index in [1.165, 1.54) is 28.6 Å². The smallest absolute Gasteiger partial charge is 0.237 e. The van der Waals surface area contributed by atoms with E-state index in [0.29, 0.717) is 45.5 Å². The molecule has 0 spiro atoms. The predicted octanol–water partition coefficient (Wildman–Crippen LogP) is 3.16. The van der Waals surface area contributed by atoms with Crippen LogP contribution in [0.5, 0.6) is 11.5 Å². The second-order valence-corrected chi connectivity index (χ2v) is 7.00. The van der Waals surface area contributed by atoms with Crippen LogP contribution in [0.2, 0.25) is 0 Å². The topological polar surface area (TPSA) is 114 Å². The van der Waals surface area contributed by atoms with Gasteiger partial charge >= 0.3 is 0 Å². The Labute approximate surface area is 175 Å². The Morgan fingerprint density at radius 1 is 1.03 bits per heavy atom. The van der Waals surface area contributed by atoms with Crippen molar-refractivity contribution in [2.75, 3.05) is 20.1 Å². The largest absolute Gasteiger partial charge is 0.493 e. The molecule has 0 atom stereocenters. The fourth-order valence-electron chi connectivity index (χ4n) is 2.70. The summed E-state index contributed by atoms with van der Waals surface area (Å²) in [5, 5.41) is 12.7. The van der Waals surface area contributed by atoms with Crippen LogP contribution in [0.1, 0.15) is 5.89 Å². The predicted molar refractivity (Wildman–Crippen MR) is 108 cm³/mol. The molecule has 30 heavy (non-hydrogen) atoms. The van der Waals surface area contributed by atoms with Gasteiger partial charge in [-0.1, -0.05) is 16.9 Å². The van der Waals surface area contributed by atoms with Crippen molar-refractivity contribution in [3.05, 3.63) is 54.2 Å². The number of rotatable bonds is 7. The molecule has 2 N–H and O–H groups in total. The Hall–Kier alpha value is -3.60. The maximum atomic E-state index is 13.1. The molecule has 0 aliphatic heterocycles. The van der Waals surface area contributed by atoms with Crippen molar-refractivity contribution in [2.24, 2.45) is 0 Å². The number of nitrogens with zero attached hydrogens (tertiary/aromatic N) is 5. The van der Waals surface area contributed by atoms with Gasteiger partial charge in [-0.05, 0) is 42.5 Å². The standard InChI is InChI=1S/C19H17FN6O3S/c1-27-14-8-5-12(9-15(14)28-2)18-23-24-19(26(18)21)30-10-16-22-17(25-29-16)11-3-6-13(20)7-4-11/h3-9H,10,21H2,1-2H3. The van der Waals surface area contributed by atoms with E-state index in [0.717, 1.165) is 5.56 Å². The van der Waals surface area contributed by atoms with Gasteiger partial charge in [-0.2, -0.15) is 4.98 Å². The maximum absolute atomic E-state index is 13.1. The van der Waals surface area contributed by atoms with Crippen LogP contribution in [0.15, 0.2) is 52.1 Å². The quantitative estimate of drug-likeness (QED) is 0.350. The summed E-state index contributed by atoms with van der Waals surface area (Å²) in [6.45, 7) is 0. The molecule has 4 rings (SSSR count). The molecular formula is C19H17FN6O3S. The normalized spacial score (nSPS) is 10.9. The lowest BCUT2D eigenvalue weighted by Crippen LogP contribution is -2.11. The molecule has 0 bridgehead atoms. The Kier molecular flexibility index (Phi) is 5.53. The van der Waals surface area contributed by atoms with E-state index in [1.54, 1.807) is 38.5 Å². The number of hydrogen-bond donors (Lipinski definition) is 1. The van der Waals surface area contributed by atoms with Gasteiger partial charge in [-0.15, -0.1) is 10.2 Å². The van der Waals surface area contributed by atoms with Gasteiger partial charge in [0.15, 0.2) is 17.3 Å². The minimum absolute atomic E-state index is 0.328. The highest BCUT2D eigenvalue weighted by Crippen LogP contribution is 2.32. The molecule has 11 heteroatoms. The lowest BCUT2D eigenvalue weighted by molar-refractivity contribution is 0.355. The molecule has 0 unspecified atom stereocenters. The average molecular weight is 428 g/mol. The van der Waals surface area contributed by atoms with E-state index >= 15 is 0 Å². The van der Waals surface area contributed by atoms with Gasteiger partial charge < -0.3 is 19.8 Å². The third-order valence-electron chi connectivity index (χ3n) is 4.20. The Morgan fingerprint density at radius 3 is 2.50 bits per heavy atom. The van der Waals surface area contributed by atoms with Crippen molar-refractivity contribution < 1.29 is 18.4 Å². The van der Waals surface area contributed by atoms with Crippen molar-refractivity contribution in [2.45, 2.75) is 10.9 Å². The molecule has 0 aliphatic rings. The van der Waals surface area contributed by atoms with Gasteiger partial charge in [0.1, 0.15) is 5.82 Å². The van der Waals surface area contributed by atoms with Crippen LogP contribution in [0.25, 0.3) is 22.8 Å². The molecule has 0 aliphatic carbocycles. The summed E-state index contributed by atoms with van der Waals surface area (Å²) in [5.74, 6) is 8.58. The van der Waals surface area contributed by atoms with E-state index in [2.05, 4.69) is 20.3 Å². The van der Waals surface area contributed by atoms with Gasteiger partial charge in [0.05, 0.1) is 20.0 Å². The molecular weight excluding hydrogens is 411 g/mol. The Bertz CT molecular complexity index is 1160. The number of ether oxygens (including phenoxy) is 2. The molecule has 0 radical (unpaired) electrons. The number of benzene rings is 2. The molecule has 9 nitrogen and oxygen atoms in total. The van der Waals surface area contributed by atoms with E-state index in [9.17, 15) is 4.39 Å². The molecule has 2 aromatic carbocycles. The summed E-state index contributed by atoms with van der Waals surface area (Å²) < 4.78 is 30.2. The van der Waals surface area contributed by atoms with E-state index in [4.69, 9.17) is 19.8 Å². The first-order chi connectivity index (χ1) is 14.6. The summed E-state index contributed by atoms with van der Waals surface area (Å²) in [6, 6.07) is 11.2. The van der Waals surface area contributed by atoms with Crippen LogP contribution in [-0.2, 0) is 5.75 Å². The van der Waals surface area contributed by atoms with E-state index < -0.39 is 0 Å². The minimum atomic E-state index is -0.328. The van der Waals surface area contributed by atoms with Gasteiger partial charge in [0, 0.05) is 11.1 Å². The molecule has 0 saturated carbocycles. The highest BCUT2D eigenvalue weighted by atomic mass is 32.2. The lowest BCUT2D eigenvalue weighted by atomic mass is 10.2. The first-order valence-electron chi connectivity index (χ1n) is 8.73. The molecule has 4 aromatic rings. The van der Waals surface area contributed by atoms with Gasteiger partial charge in [0.2, 0.25) is 16.9 Å². The van der Waals surface area contributed by atoms with E-state index in [1.807, 2.05) is 6.07 Å². The maximum Gasteiger partial charge on any atom is 0.237 e. The molecule has 2 aromatic heterocycles. The summed E-state index contributed by atoms with van der Waals surface area (Å²) in [5.41, 5.74) is 1.39. The van der Waals surface area contributed by atoms with Crippen LogP contribution >= 0.6 is 11.8 Å². The highest BCUT2D eigenvalue weighted by Gasteiger charge is 2.16. The zero-order chi connectivity index (χ0) is 21.1. The second kappa shape index (κ2) is 8.41. The van der Waals surface area contributed by atoms with Crippen LogP contribution < -0.4 is 15.3 Å². The molecule has 2 heterocycles. The summed E-state index contributed by atoms with van der Waals surface area (Å²) in [4.78, 5) is 4.31. The Balaban J connectivity index is 1.48. The SMILES string of the molecule is COc1ccc(-c2nnc(SCc3nc(-c4ccc(F)cc4)no3)n2N)cc1OC. The van der Waals surface area contributed by atoms with Crippen LogP contribution in [0, 0.1) is 5.82 Å². The van der Waals surface area contributed by atoms with Gasteiger partial charge in [0.25, 0.3) is 0 Å². The number of aromatic nitrogens is 5. The number of methoxy groups -OCH3 is 2. The number of hydrogen-bond acceptors (Lipinski definition) is 9.